The number of nitriles is 1. The van der Waals surface area contributed by atoms with Crippen LogP contribution in [0.1, 0.15) is 10.4 Å². The van der Waals surface area contributed by atoms with E-state index >= 15 is 0 Å². The molecule has 122 valence electrons. The largest absolute Gasteiger partial charge is 0.483 e. The number of carbonyl (C=O) groups is 2. The summed E-state index contributed by atoms with van der Waals surface area (Å²) in [6.45, 7) is -0.222. The molecule has 2 aromatic carbocycles. The zero-order valence-corrected chi connectivity index (χ0v) is 14.9. The Bertz CT molecular complexity index is 790. The van der Waals surface area contributed by atoms with Crippen LogP contribution in [-0.4, -0.2) is 24.6 Å². The summed E-state index contributed by atoms with van der Waals surface area (Å²) in [6.07, 6.45) is 0.672. The Morgan fingerprint density at radius 3 is 2.88 bits per heavy atom. The predicted octanol–water partition coefficient (Wildman–Crippen LogP) is 3.89. The second-order valence-corrected chi connectivity index (χ2v) is 6.51. The minimum Gasteiger partial charge on any atom is -0.483 e. The molecule has 5 nitrogen and oxygen atoms in total. The third-order valence-corrected chi connectivity index (χ3v) is 4.34. The highest BCUT2D eigenvalue weighted by Gasteiger charge is 2.10. The second kappa shape index (κ2) is 9.11. The van der Waals surface area contributed by atoms with Crippen LogP contribution in [0.2, 0.25) is 0 Å². The fourth-order valence-corrected chi connectivity index (χ4v) is 2.93. The molecule has 0 aromatic heterocycles. The normalized spacial score (nSPS) is 9.83. The van der Waals surface area contributed by atoms with Crippen LogP contribution < -0.4 is 10.1 Å². The van der Waals surface area contributed by atoms with Crippen molar-refractivity contribution < 1.29 is 14.3 Å². The Labute approximate surface area is 152 Å². The lowest BCUT2D eigenvalue weighted by Crippen LogP contribution is -2.20. The molecule has 1 amide bonds. The van der Waals surface area contributed by atoms with Crippen molar-refractivity contribution in [3.05, 3.63) is 52.5 Å². The SMILES string of the molecule is N#CCSc1ccccc1NC(=O)COc1ccc(Br)cc1C=O. The van der Waals surface area contributed by atoms with E-state index in [9.17, 15) is 9.59 Å². The van der Waals surface area contributed by atoms with E-state index in [2.05, 4.69) is 21.2 Å². The van der Waals surface area contributed by atoms with Gasteiger partial charge in [0, 0.05) is 9.37 Å². The van der Waals surface area contributed by atoms with Crippen molar-refractivity contribution in [2.45, 2.75) is 4.90 Å². The number of nitrogens with one attached hydrogen (secondary N) is 1. The van der Waals surface area contributed by atoms with Gasteiger partial charge in [0.2, 0.25) is 0 Å². The molecule has 2 aromatic rings. The quantitative estimate of drug-likeness (QED) is 0.559. The summed E-state index contributed by atoms with van der Waals surface area (Å²) in [7, 11) is 0. The Hall–Kier alpha value is -2.30. The average molecular weight is 405 g/mol. The molecule has 0 saturated carbocycles. The van der Waals surface area contributed by atoms with Crippen LogP contribution in [-0.2, 0) is 4.79 Å². The number of para-hydroxylation sites is 1. The first kappa shape index (κ1) is 18.0. The minimum atomic E-state index is -0.347. The third kappa shape index (κ3) is 5.11. The van der Waals surface area contributed by atoms with Crippen LogP contribution in [0.4, 0.5) is 5.69 Å². The summed E-state index contributed by atoms with van der Waals surface area (Å²) < 4.78 is 6.17. The number of amides is 1. The van der Waals surface area contributed by atoms with Gasteiger partial charge in [-0.1, -0.05) is 28.1 Å². The van der Waals surface area contributed by atoms with Crippen molar-refractivity contribution in [1.82, 2.24) is 0 Å². The third-order valence-electron chi connectivity index (χ3n) is 2.91. The van der Waals surface area contributed by atoms with Crippen molar-refractivity contribution in [2.75, 3.05) is 17.7 Å². The predicted molar refractivity (Wildman–Crippen MR) is 96.4 cm³/mol. The lowest BCUT2D eigenvalue weighted by Gasteiger charge is -2.11. The molecule has 24 heavy (non-hydrogen) atoms. The molecule has 1 N–H and O–H groups in total. The molecule has 0 atom stereocenters. The number of carbonyl (C=O) groups excluding carboxylic acids is 2. The van der Waals surface area contributed by atoms with E-state index in [-0.39, 0.29) is 12.5 Å². The number of ether oxygens (including phenoxy) is 1. The monoisotopic (exact) mass is 404 g/mol. The van der Waals surface area contributed by atoms with Gasteiger partial charge in [0.15, 0.2) is 12.9 Å². The molecule has 0 aliphatic carbocycles. The highest BCUT2D eigenvalue weighted by atomic mass is 79.9. The molecule has 0 aliphatic rings. The van der Waals surface area contributed by atoms with Gasteiger partial charge in [0.25, 0.3) is 5.91 Å². The molecule has 7 heteroatoms. The van der Waals surface area contributed by atoms with Gasteiger partial charge in [-0.05, 0) is 30.3 Å². The maximum Gasteiger partial charge on any atom is 0.262 e. The van der Waals surface area contributed by atoms with Gasteiger partial charge in [-0.2, -0.15) is 5.26 Å². The van der Waals surface area contributed by atoms with E-state index in [0.29, 0.717) is 29.0 Å². The van der Waals surface area contributed by atoms with Gasteiger partial charge < -0.3 is 10.1 Å². The Morgan fingerprint density at radius 2 is 2.12 bits per heavy atom. The molecule has 0 saturated heterocycles. The lowest BCUT2D eigenvalue weighted by atomic mass is 10.2. The summed E-state index contributed by atoms with van der Waals surface area (Å²) in [4.78, 5) is 23.9. The van der Waals surface area contributed by atoms with E-state index < -0.39 is 0 Å². The number of aldehydes is 1. The lowest BCUT2D eigenvalue weighted by molar-refractivity contribution is -0.118. The topological polar surface area (TPSA) is 79.2 Å². The van der Waals surface area contributed by atoms with E-state index in [1.54, 1.807) is 30.3 Å². The first-order valence-corrected chi connectivity index (χ1v) is 8.68. The zero-order valence-electron chi connectivity index (χ0n) is 12.5. The highest BCUT2D eigenvalue weighted by molar-refractivity contribution is 9.10. The molecule has 0 bridgehead atoms. The van der Waals surface area contributed by atoms with Crippen LogP contribution in [0.15, 0.2) is 51.8 Å². The van der Waals surface area contributed by atoms with Crippen LogP contribution >= 0.6 is 27.7 Å². The molecule has 0 heterocycles. The molecule has 0 fully saturated rings. The minimum absolute atomic E-state index is 0.222. The Morgan fingerprint density at radius 1 is 1.33 bits per heavy atom. The van der Waals surface area contributed by atoms with Gasteiger partial charge in [-0.3, -0.25) is 9.59 Å². The maximum atomic E-state index is 12.1. The number of nitrogens with zero attached hydrogens (tertiary/aromatic N) is 1. The molecular formula is C17H13BrN2O3S. The van der Waals surface area contributed by atoms with Crippen molar-refractivity contribution in [3.63, 3.8) is 0 Å². The number of thioether (sulfide) groups is 1. The number of hydrogen-bond donors (Lipinski definition) is 1. The van der Waals surface area contributed by atoms with Crippen molar-refractivity contribution in [1.29, 1.82) is 5.26 Å². The fourth-order valence-electron chi connectivity index (χ4n) is 1.88. The van der Waals surface area contributed by atoms with Gasteiger partial charge in [0.1, 0.15) is 5.75 Å². The number of anilines is 1. The average Bonchev–Trinajstić information content (AvgIpc) is 2.59. The van der Waals surface area contributed by atoms with E-state index in [1.807, 2.05) is 18.2 Å². The standard InChI is InChI=1S/C17H13BrN2O3S/c18-13-5-6-15(12(9-13)10-21)23-11-17(22)20-14-3-1-2-4-16(14)24-8-7-19/h1-6,9-10H,8,11H2,(H,20,22). The maximum absolute atomic E-state index is 12.1. The molecule has 2 rings (SSSR count). The Kier molecular flexibility index (Phi) is 6.85. The molecular weight excluding hydrogens is 392 g/mol. The zero-order chi connectivity index (χ0) is 17.4. The Balaban J connectivity index is 2.00. The van der Waals surface area contributed by atoms with Crippen molar-refractivity contribution >= 4 is 45.6 Å². The summed E-state index contributed by atoms with van der Waals surface area (Å²) in [5.74, 6) is 0.292. The number of hydrogen-bond acceptors (Lipinski definition) is 5. The summed E-state index contributed by atoms with van der Waals surface area (Å²) in [5, 5.41) is 11.4. The first-order chi connectivity index (χ1) is 11.6. The fraction of sp³-hybridized carbons (Fsp3) is 0.118. The summed E-state index contributed by atoms with van der Waals surface area (Å²) >= 11 is 4.61. The summed E-state index contributed by atoms with van der Waals surface area (Å²) in [5.41, 5.74) is 0.986. The van der Waals surface area contributed by atoms with E-state index in [0.717, 1.165) is 9.37 Å². The van der Waals surface area contributed by atoms with Crippen molar-refractivity contribution in [3.8, 4) is 11.8 Å². The van der Waals surface area contributed by atoms with Gasteiger partial charge in [-0.15, -0.1) is 11.8 Å². The molecule has 0 aliphatic heterocycles. The number of halogens is 1. The van der Waals surface area contributed by atoms with Gasteiger partial charge in [-0.25, -0.2) is 0 Å². The molecule has 0 radical (unpaired) electrons. The number of benzene rings is 2. The van der Waals surface area contributed by atoms with E-state index in [4.69, 9.17) is 10.00 Å². The number of rotatable bonds is 7. The van der Waals surface area contributed by atoms with Crippen LogP contribution in [0.25, 0.3) is 0 Å². The highest BCUT2D eigenvalue weighted by Crippen LogP contribution is 2.26. The smallest absolute Gasteiger partial charge is 0.262 e. The van der Waals surface area contributed by atoms with Crippen LogP contribution in [0.3, 0.4) is 0 Å². The first-order valence-electron chi connectivity index (χ1n) is 6.90. The van der Waals surface area contributed by atoms with Gasteiger partial charge >= 0.3 is 0 Å². The summed E-state index contributed by atoms with van der Waals surface area (Å²) in [6, 6.07) is 14.2. The van der Waals surface area contributed by atoms with Crippen LogP contribution in [0.5, 0.6) is 5.75 Å². The molecule has 0 unspecified atom stereocenters. The van der Waals surface area contributed by atoms with Gasteiger partial charge in [0.05, 0.1) is 23.1 Å². The van der Waals surface area contributed by atoms with E-state index in [1.165, 1.54) is 11.8 Å². The second-order valence-electron chi connectivity index (χ2n) is 4.58. The van der Waals surface area contributed by atoms with Crippen molar-refractivity contribution in [2.24, 2.45) is 0 Å². The van der Waals surface area contributed by atoms with Crippen LogP contribution in [0, 0.1) is 11.3 Å². The molecule has 0 spiro atoms.